The highest BCUT2D eigenvalue weighted by atomic mass is 19.1. The third-order valence-corrected chi connectivity index (χ3v) is 3.09. The lowest BCUT2D eigenvalue weighted by Gasteiger charge is -2.04. The molecule has 3 rings (SSSR count). The third kappa shape index (κ3) is 1.29. The Morgan fingerprint density at radius 2 is 1.82 bits per heavy atom. The standard InChI is InChI=1S/C14H10FNO/c1-9-11-6-2-3-8-16(11)12-7-4-5-10(15)13(12)14(9)17/h2-8H,1H3/p+1. The molecular formula is C14H11FNO+. The summed E-state index contributed by atoms with van der Waals surface area (Å²) in [5.41, 5.74) is 2.23. The number of rotatable bonds is 0. The van der Waals surface area contributed by atoms with E-state index in [0.29, 0.717) is 11.1 Å². The zero-order valence-corrected chi connectivity index (χ0v) is 9.31. The molecule has 0 spiro atoms. The summed E-state index contributed by atoms with van der Waals surface area (Å²) in [7, 11) is 0. The number of aromatic nitrogens is 1. The largest absolute Gasteiger partial charge is 0.506 e. The van der Waals surface area contributed by atoms with E-state index >= 15 is 0 Å². The second-order valence-electron chi connectivity index (χ2n) is 4.06. The zero-order chi connectivity index (χ0) is 12.0. The van der Waals surface area contributed by atoms with Gasteiger partial charge in [-0.1, -0.05) is 6.07 Å². The van der Waals surface area contributed by atoms with Crippen molar-refractivity contribution in [2.45, 2.75) is 6.92 Å². The van der Waals surface area contributed by atoms with Crippen LogP contribution in [0.1, 0.15) is 5.56 Å². The first-order valence-corrected chi connectivity index (χ1v) is 5.40. The average Bonchev–Trinajstić information content (AvgIpc) is 2.36. The highest BCUT2D eigenvalue weighted by Crippen LogP contribution is 2.30. The molecule has 0 unspecified atom stereocenters. The molecule has 1 N–H and O–H groups in total. The Labute approximate surface area is 97.6 Å². The fraction of sp³-hybridized carbons (Fsp3) is 0.0714. The lowest BCUT2D eigenvalue weighted by atomic mass is 10.1. The molecule has 17 heavy (non-hydrogen) atoms. The fourth-order valence-electron chi connectivity index (χ4n) is 2.22. The SMILES string of the molecule is Cc1c(O)c2c(F)cccc2[n+]2ccccc12. The molecule has 0 radical (unpaired) electrons. The first-order valence-electron chi connectivity index (χ1n) is 5.40. The summed E-state index contributed by atoms with van der Waals surface area (Å²) in [6.07, 6.45) is 1.86. The van der Waals surface area contributed by atoms with E-state index in [1.807, 2.05) is 28.8 Å². The Hall–Kier alpha value is -2.16. The second-order valence-corrected chi connectivity index (χ2v) is 4.06. The van der Waals surface area contributed by atoms with Gasteiger partial charge in [0.2, 0.25) is 11.0 Å². The van der Waals surface area contributed by atoms with Gasteiger partial charge in [0.05, 0.1) is 5.56 Å². The number of nitrogens with zero attached hydrogens (tertiary/aromatic N) is 1. The monoisotopic (exact) mass is 228 g/mol. The van der Waals surface area contributed by atoms with E-state index in [0.717, 1.165) is 5.52 Å². The van der Waals surface area contributed by atoms with Crippen molar-refractivity contribution in [3.63, 3.8) is 0 Å². The second kappa shape index (κ2) is 3.42. The third-order valence-electron chi connectivity index (χ3n) is 3.09. The van der Waals surface area contributed by atoms with Crippen molar-refractivity contribution in [2.24, 2.45) is 0 Å². The molecule has 3 heteroatoms. The van der Waals surface area contributed by atoms with Crippen LogP contribution >= 0.6 is 0 Å². The fourth-order valence-corrected chi connectivity index (χ4v) is 2.22. The minimum absolute atomic E-state index is 0.0179. The van der Waals surface area contributed by atoms with Crippen molar-refractivity contribution < 1.29 is 13.9 Å². The van der Waals surface area contributed by atoms with Crippen LogP contribution in [0.3, 0.4) is 0 Å². The maximum atomic E-state index is 13.8. The van der Waals surface area contributed by atoms with E-state index in [9.17, 15) is 9.50 Å². The van der Waals surface area contributed by atoms with E-state index in [2.05, 4.69) is 0 Å². The Morgan fingerprint density at radius 1 is 1.06 bits per heavy atom. The van der Waals surface area contributed by atoms with Crippen LogP contribution in [0.4, 0.5) is 4.39 Å². The number of fused-ring (bicyclic) bond motifs is 3. The Bertz CT molecular complexity index is 737. The van der Waals surface area contributed by atoms with Crippen LogP contribution in [0.2, 0.25) is 0 Å². The first-order chi connectivity index (χ1) is 8.20. The molecule has 0 aliphatic heterocycles. The molecule has 0 aliphatic rings. The molecule has 84 valence electrons. The van der Waals surface area contributed by atoms with Crippen LogP contribution < -0.4 is 4.40 Å². The van der Waals surface area contributed by atoms with E-state index in [4.69, 9.17) is 0 Å². The molecule has 3 aromatic rings. The highest BCUT2D eigenvalue weighted by Gasteiger charge is 2.19. The van der Waals surface area contributed by atoms with Crippen LogP contribution in [0.5, 0.6) is 5.75 Å². The van der Waals surface area contributed by atoms with Gasteiger partial charge in [0.1, 0.15) is 17.0 Å². The summed E-state index contributed by atoms with van der Waals surface area (Å²) in [5.74, 6) is -0.384. The number of hydrogen-bond donors (Lipinski definition) is 1. The molecule has 0 fully saturated rings. The van der Waals surface area contributed by atoms with Gasteiger partial charge in [-0.05, 0) is 19.1 Å². The molecule has 0 bridgehead atoms. The molecule has 0 saturated carbocycles. The summed E-state index contributed by atoms with van der Waals surface area (Å²) < 4.78 is 15.7. The zero-order valence-electron chi connectivity index (χ0n) is 9.31. The van der Waals surface area contributed by atoms with Crippen molar-refractivity contribution in [1.82, 2.24) is 0 Å². The van der Waals surface area contributed by atoms with Crippen molar-refractivity contribution in [3.8, 4) is 5.75 Å². The van der Waals surface area contributed by atoms with Crippen LogP contribution in [0.25, 0.3) is 16.4 Å². The molecule has 2 heterocycles. The van der Waals surface area contributed by atoms with Gasteiger partial charge in [0, 0.05) is 18.2 Å². The predicted octanol–water partition coefficient (Wildman–Crippen LogP) is 2.73. The van der Waals surface area contributed by atoms with Gasteiger partial charge >= 0.3 is 0 Å². The van der Waals surface area contributed by atoms with E-state index in [1.165, 1.54) is 6.07 Å². The molecule has 0 atom stereocenters. The van der Waals surface area contributed by atoms with E-state index < -0.39 is 5.82 Å². The predicted molar refractivity (Wildman–Crippen MR) is 63.5 cm³/mol. The van der Waals surface area contributed by atoms with E-state index in [1.54, 1.807) is 19.1 Å². The van der Waals surface area contributed by atoms with Crippen LogP contribution in [-0.2, 0) is 0 Å². The quantitative estimate of drug-likeness (QED) is 0.464. The smallest absolute Gasteiger partial charge is 0.225 e. The highest BCUT2D eigenvalue weighted by molar-refractivity contribution is 5.86. The minimum atomic E-state index is -0.402. The normalized spacial score (nSPS) is 11.2. The first kappa shape index (κ1) is 10.0. The lowest BCUT2D eigenvalue weighted by molar-refractivity contribution is -0.482. The summed E-state index contributed by atoms with van der Waals surface area (Å²) in [4.78, 5) is 0. The summed E-state index contributed by atoms with van der Waals surface area (Å²) in [6, 6.07) is 10.5. The molecule has 2 nitrogen and oxygen atoms in total. The maximum absolute atomic E-state index is 13.8. The van der Waals surface area contributed by atoms with Gasteiger partial charge in [-0.25, -0.2) is 4.39 Å². The summed E-state index contributed by atoms with van der Waals surface area (Å²) in [5, 5.41) is 10.4. The van der Waals surface area contributed by atoms with Gasteiger partial charge in [-0.2, -0.15) is 4.40 Å². The van der Waals surface area contributed by atoms with Crippen molar-refractivity contribution in [1.29, 1.82) is 0 Å². The van der Waals surface area contributed by atoms with Crippen LogP contribution in [0.15, 0.2) is 42.6 Å². The van der Waals surface area contributed by atoms with Gasteiger partial charge in [0.15, 0.2) is 6.20 Å². The minimum Gasteiger partial charge on any atom is -0.506 e. The Morgan fingerprint density at radius 3 is 2.65 bits per heavy atom. The molecule has 0 aliphatic carbocycles. The van der Waals surface area contributed by atoms with Gasteiger partial charge in [0.25, 0.3) is 0 Å². The van der Waals surface area contributed by atoms with Crippen molar-refractivity contribution in [3.05, 3.63) is 54.0 Å². The number of benzene rings is 1. The number of pyridine rings is 2. The Balaban J connectivity index is 2.70. The number of hydrogen-bond acceptors (Lipinski definition) is 1. The molecular weight excluding hydrogens is 217 g/mol. The van der Waals surface area contributed by atoms with Crippen molar-refractivity contribution in [2.75, 3.05) is 0 Å². The molecule has 0 amide bonds. The lowest BCUT2D eigenvalue weighted by Crippen LogP contribution is -2.23. The Kier molecular flexibility index (Phi) is 2.01. The van der Waals surface area contributed by atoms with Crippen molar-refractivity contribution >= 4 is 16.4 Å². The van der Waals surface area contributed by atoms with Crippen LogP contribution in [0, 0.1) is 12.7 Å². The molecule has 0 saturated heterocycles. The van der Waals surface area contributed by atoms with Crippen LogP contribution in [-0.4, -0.2) is 5.11 Å². The summed E-state index contributed by atoms with van der Waals surface area (Å²) >= 11 is 0. The number of aryl methyl sites for hydroxylation is 1. The number of halogens is 1. The van der Waals surface area contributed by atoms with Gasteiger partial charge < -0.3 is 5.11 Å². The number of aromatic hydroxyl groups is 1. The maximum Gasteiger partial charge on any atom is 0.225 e. The molecule has 2 aromatic heterocycles. The van der Waals surface area contributed by atoms with Gasteiger partial charge in [-0.3, -0.25) is 0 Å². The topological polar surface area (TPSA) is 24.3 Å². The van der Waals surface area contributed by atoms with Gasteiger partial charge in [-0.15, -0.1) is 0 Å². The summed E-state index contributed by atoms with van der Waals surface area (Å²) in [6.45, 7) is 1.79. The average molecular weight is 228 g/mol. The van der Waals surface area contributed by atoms with E-state index in [-0.39, 0.29) is 11.1 Å². The molecule has 1 aromatic carbocycles.